The molecule has 0 aliphatic carbocycles. The van der Waals surface area contributed by atoms with Crippen molar-refractivity contribution in [3.05, 3.63) is 143 Å². The maximum Gasteiger partial charge on any atom is 0.416 e. The van der Waals surface area contributed by atoms with E-state index < -0.39 is 58.4 Å². The van der Waals surface area contributed by atoms with Crippen LogP contribution < -0.4 is 10.6 Å². The average molecular weight is 800 g/mol. The van der Waals surface area contributed by atoms with Gasteiger partial charge < -0.3 is 24.8 Å². The fraction of sp³-hybridized carbons (Fsp3) is 0.395. The Bertz CT molecular complexity index is 1910. The number of benzene rings is 4. The molecule has 1 heterocycles. The van der Waals surface area contributed by atoms with Crippen molar-refractivity contribution in [1.82, 2.24) is 15.5 Å². The quantitative estimate of drug-likeness (QED) is 0.139. The first-order valence-electron chi connectivity index (χ1n) is 18.5. The molecule has 1 aliphatic rings. The van der Waals surface area contributed by atoms with Crippen LogP contribution in [-0.4, -0.2) is 47.9 Å². The molecule has 0 bridgehead atoms. The van der Waals surface area contributed by atoms with Gasteiger partial charge in [-0.25, -0.2) is 9.59 Å². The minimum atomic E-state index is -5.05. The van der Waals surface area contributed by atoms with Gasteiger partial charge in [-0.15, -0.1) is 0 Å². The maximum atomic E-state index is 14.5. The number of hydrogen-bond acceptors (Lipinski definition) is 6. The number of nitrogens with one attached hydrogen (secondary N) is 2. The lowest BCUT2D eigenvalue weighted by Gasteiger charge is -2.53. The summed E-state index contributed by atoms with van der Waals surface area (Å²) in [4.78, 5) is 29.4. The van der Waals surface area contributed by atoms with E-state index >= 15 is 0 Å². The summed E-state index contributed by atoms with van der Waals surface area (Å²) in [5.74, 6) is 0. The molecule has 57 heavy (non-hydrogen) atoms. The summed E-state index contributed by atoms with van der Waals surface area (Å²) in [5, 5.41) is 6.43. The minimum Gasteiger partial charge on any atom is -0.445 e. The lowest BCUT2D eigenvalue weighted by molar-refractivity contribution is -0.143. The molecule has 0 spiro atoms. The van der Waals surface area contributed by atoms with Gasteiger partial charge >= 0.3 is 24.5 Å². The number of ether oxygens (including phenoxy) is 3. The molecule has 4 aromatic carbocycles. The van der Waals surface area contributed by atoms with Crippen LogP contribution in [0.25, 0.3) is 0 Å². The Balaban J connectivity index is 1.55. The van der Waals surface area contributed by atoms with Crippen LogP contribution in [0, 0.1) is 0 Å². The average Bonchev–Trinajstić information content (AvgIpc) is 3.16. The smallest absolute Gasteiger partial charge is 0.416 e. The fourth-order valence-electron chi connectivity index (χ4n) is 6.86. The number of alkyl carbamates (subject to hydrolysis) is 1. The van der Waals surface area contributed by atoms with E-state index in [0.717, 1.165) is 5.56 Å². The van der Waals surface area contributed by atoms with Gasteiger partial charge in [0.2, 0.25) is 0 Å². The molecule has 4 aromatic rings. The third-order valence-corrected chi connectivity index (χ3v) is 9.78. The van der Waals surface area contributed by atoms with Crippen LogP contribution in [0.5, 0.6) is 0 Å². The van der Waals surface area contributed by atoms with Crippen molar-refractivity contribution < 1.29 is 50.1 Å². The van der Waals surface area contributed by atoms with Crippen molar-refractivity contribution >= 4 is 12.2 Å². The Morgan fingerprint density at radius 1 is 0.772 bits per heavy atom. The van der Waals surface area contributed by atoms with Crippen LogP contribution >= 0.6 is 0 Å². The SMILES string of the molecule is C[C@@H](OC[C@@]1(c2ccccc2)CCC(CNCc2ccccc2)(NC(=O)OC(C)(C)C)CN1C(=O)OCc1ccccc1)c1cc(C(F)(F)F)cc(C(F)(F)F)c1. The van der Waals surface area contributed by atoms with Crippen molar-refractivity contribution in [3.8, 4) is 0 Å². The Labute approximate surface area is 328 Å². The lowest BCUT2D eigenvalue weighted by atomic mass is 9.74. The number of hydrogen-bond donors (Lipinski definition) is 2. The van der Waals surface area contributed by atoms with Crippen LogP contribution in [-0.2, 0) is 45.3 Å². The number of halogens is 6. The molecular weight excluding hydrogens is 752 g/mol. The summed E-state index contributed by atoms with van der Waals surface area (Å²) in [6, 6.07) is 28.7. The molecule has 3 atom stereocenters. The zero-order chi connectivity index (χ0) is 41.5. The summed E-state index contributed by atoms with van der Waals surface area (Å²) in [7, 11) is 0. The minimum absolute atomic E-state index is 0.0659. The second-order valence-electron chi connectivity index (χ2n) is 15.3. The molecule has 0 saturated carbocycles. The first-order chi connectivity index (χ1) is 26.8. The lowest BCUT2D eigenvalue weighted by Crippen LogP contribution is -2.69. The van der Waals surface area contributed by atoms with Crippen LogP contribution in [0.1, 0.15) is 80.0 Å². The van der Waals surface area contributed by atoms with Gasteiger partial charge in [-0.05, 0) is 81.0 Å². The molecule has 0 radical (unpaired) electrons. The number of carbonyl (C=O) groups is 2. The van der Waals surface area contributed by atoms with Gasteiger partial charge in [0.1, 0.15) is 12.2 Å². The summed E-state index contributed by atoms with van der Waals surface area (Å²) < 4.78 is 101. The highest BCUT2D eigenvalue weighted by atomic mass is 19.4. The third kappa shape index (κ3) is 11.5. The van der Waals surface area contributed by atoms with Crippen molar-refractivity contribution in [2.24, 2.45) is 0 Å². The molecule has 0 aromatic heterocycles. The van der Waals surface area contributed by atoms with Gasteiger partial charge in [-0.1, -0.05) is 91.0 Å². The van der Waals surface area contributed by atoms with E-state index in [1.165, 1.54) is 11.8 Å². The van der Waals surface area contributed by atoms with Gasteiger partial charge in [-0.2, -0.15) is 26.3 Å². The van der Waals surface area contributed by atoms with E-state index in [9.17, 15) is 35.9 Å². The van der Waals surface area contributed by atoms with Crippen LogP contribution in [0.3, 0.4) is 0 Å². The highest BCUT2D eigenvalue weighted by Gasteiger charge is 2.53. The number of likely N-dealkylation sites (tertiary alicyclic amines) is 1. The zero-order valence-electron chi connectivity index (χ0n) is 32.2. The number of nitrogens with zero attached hydrogens (tertiary/aromatic N) is 1. The fourth-order valence-corrected chi connectivity index (χ4v) is 6.86. The zero-order valence-corrected chi connectivity index (χ0v) is 32.2. The molecule has 5 rings (SSSR count). The molecule has 306 valence electrons. The molecule has 1 aliphatic heterocycles. The van der Waals surface area contributed by atoms with E-state index in [1.54, 1.807) is 75.4 Å². The first kappa shape index (κ1) is 43.1. The monoisotopic (exact) mass is 799 g/mol. The molecule has 1 fully saturated rings. The van der Waals surface area contributed by atoms with Gasteiger partial charge in [-0.3, -0.25) is 4.90 Å². The Hall–Kier alpha value is -5.08. The maximum absolute atomic E-state index is 14.5. The number of amides is 2. The van der Waals surface area contributed by atoms with E-state index in [0.29, 0.717) is 29.8 Å². The highest BCUT2D eigenvalue weighted by Crippen LogP contribution is 2.44. The second-order valence-corrected chi connectivity index (χ2v) is 15.3. The number of rotatable bonds is 12. The molecule has 2 amide bonds. The summed E-state index contributed by atoms with van der Waals surface area (Å²) >= 11 is 0. The number of carbonyl (C=O) groups excluding carboxylic acids is 2. The van der Waals surface area contributed by atoms with Crippen LogP contribution in [0.15, 0.2) is 109 Å². The first-order valence-corrected chi connectivity index (χ1v) is 18.5. The molecular formula is C43H47F6N3O5. The summed E-state index contributed by atoms with van der Waals surface area (Å²) in [5.41, 5.74) is -4.38. The van der Waals surface area contributed by atoms with Crippen LogP contribution in [0.4, 0.5) is 35.9 Å². The molecule has 8 nitrogen and oxygen atoms in total. The predicted molar refractivity (Wildman–Crippen MR) is 202 cm³/mol. The highest BCUT2D eigenvalue weighted by molar-refractivity contribution is 5.72. The summed E-state index contributed by atoms with van der Waals surface area (Å²) in [6.07, 6.45) is -12.5. The van der Waals surface area contributed by atoms with Crippen molar-refractivity contribution in [3.63, 3.8) is 0 Å². The molecule has 1 saturated heterocycles. The summed E-state index contributed by atoms with van der Waals surface area (Å²) in [6.45, 7) is 6.53. The Kier molecular flexibility index (Phi) is 13.3. The Morgan fingerprint density at radius 3 is 1.86 bits per heavy atom. The van der Waals surface area contributed by atoms with E-state index in [2.05, 4.69) is 10.6 Å². The topological polar surface area (TPSA) is 89.1 Å². The molecule has 14 heteroatoms. The van der Waals surface area contributed by atoms with E-state index in [-0.39, 0.29) is 50.8 Å². The van der Waals surface area contributed by atoms with Crippen molar-refractivity contribution in [2.75, 3.05) is 19.7 Å². The normalized spacial score (nSPS) is 19.4. The number of piperidine rings is 1. The predicted octanol–water partition coefficient (Wildman–Crippen LogP) is 10.2. The second kappa shape index (κ2) is 17.6. The van der Waals surface area contributed by atoms with E-state index in [1.807, 2.05) is 36.4 Å². The van der Waals surface area contributed by atoms with Crippen molar-refractivity contribution in [1.29, 1.82) is 0 Å². The van der Waals surface area contributed by atoms with Crippen molar-refractivity contribution in [2.45, 2.75) is 88.8 Å². The largest absolute Gasteiger partial charge is 0.445 e. The number of alkyl halides is 6. The van der Waals surface area contributed by atoms with Gasteiger partial charge in [0.05, 0.1) is 34.9 Å². The third-order valence-electron chi connectivity index (χ3n) is 9.78. The van der Waals surface area contributed by atoms with Gasteiger partial charge in [0, 0.05) is 19.6 Å². The molecule has 2 N–H and O–H groups in total. The van der Waals surface area contributed by atoms with Crippen LogP contribution in [0.2, 0.25) is 0 Å². The van der Waals surface area contributed by atoms with E-state index in [4.69, 9.17) is 14.2 Å². The van der Waals surface area contributed by atoms with Gasteiger partial charge in [0.25, 0.3) is 0 Å². The standard InChI is InChI=1S/C43H47F6N3O5/c1-30(33-22-35(42(44,45)46)24-36(23-33)43(47,48)49)56-29-41(34-18-12-7-13-19-34)21-20-40(51-37(53)57-39(2,3)4,27-50-25-31-14-8-5-9-15-31)28-52(41)38(54)55-26-32-16-10-6-11-17-32/h5-19,22-24,30,50H,20-21,25-29H2,1-4H3,(H,51,53)/t30-,40?,41-/m1/s1. The van der Waals surface area contributed by atoms with Gasteiger partial charge in [0.15, 0.2) is 0 Å². The Morgan fingerprint density at radius 2 is 1.32 bits per heavy atom. The molecule has 1 unspecified atom stereocenters.